The van der Waals surface area contributed by atoms with Gasteiger partial charge in [-0.3, -0.25) is 9.59 Å². The van der Waals surface area contributed by atoms with Crippen molar-refractivity contribution < 1.29 is 14.3 Å². The Morgan fingerprint density at radius 1 is 1.07 bits per heavy atom. The van der Waals surface area contributed by atoms with Crippen LogP contribution in [0.3, 0.4) is 0 Å². The van der Waals surface area contributed by atoms with Gasteiger partial charge in [0, 0.05) is 31.0 Å². The van der Waals surface area contributed by atoms with Crippen LogP contribution >= 0.6 is 0 Å². The molecule has 1 heterocycles. The summed E-state index contributed by atoms with van der Waals surface area (Å²) in [6, 6.07) is 12.2. The molecule has 2 aromatic rings. The van der Waals surface area contributed by atoms with Gasteiger partial charge < -0.3 is 15.0 Å². The van der Waals surface area contributed by atoms with Gasteiger partial charge in [0.15, 0.2) is 0 Å². The molecule has 5 nitrogen and oxygen atoms in total. The standard InChI is InChI=1S/C23H30N2O3/c1-23(2,3)22(27)25-11-9-17(10-12-25)21(26)24-15-16-5-6-19-14-20(28-4)8-7-18(19)13-16/h5-8,13-14,17H,9-12,15H2,1-4H3,(H,24,26). The maximum Gasteiger partial charge on any atom is 0.227 e. The van der Waals surface area contributed by atoms with Gasteiger partial charge in [0.2, 0.25) is 11.8 Å². The maximum absolute atomic E-state index is 12.6. The van der Waals surface area contributed by atoms with E-state index in [9.17, 15) is 9.59 Å². The summed E-state index contributed by atoms with van der Waals surface area (Å²) in [5.74, 6) is 1.07. The van der Waals surface area contributed by atoms with Crippen molar-refractivity contribution in [1.82, 2.24) is 10.2 Å². The lowest BCUT2D eigenvalue weighted by molar-refractivity contribution is -0.142. The highest BCUT2D eigenvalue weighted by Gasteiger charge is 2.32. The molecule has 0 aromatic heterocycles. The number of methoxy groups -OCH3 is 1. The number of carbonyl (C=O) groups is 2. The molecule has 0 atom stereocenters. The normalized spacial score (nSPS) is 15.5. The van der Waals surface area contributed by atoms with Crippen molar-refractivity contribution in [2.24, 2.45) is 11.3 Å². The second kappa shape index (κ2) is 8.21. The molecule has 2 amide bonds. The Labute approximate surface area is 167 Å². The first kappa shape index (κ1) is 20.2. The number of nitrogens with one attached hydrogen (secondary N) is 1. The largest absolute Gasteiger partial charge is 0.497 e. The highest BCUT2D eigenvalue weighted by molar-refractivity contribution is 5.85. The minimum atomic E-state index is -0.366. The van der Waals surface area contributed by atoms with Crippen LogP contribution in [0, 0.1) is 11.3 Å². The summed E-state index contributed by atoms with van der Waals surface area (Å²) in [5, 5.41) is 5.31. The van der Waals surface area contributed by atoms with Gasteiger partial charge in [0.25, 0.3) is 0 Å². The molecular formula is C23H30N2O3. The molecule has 1 aliphatic heterocycles. The lowest BCUT2D eigenvalue weighted by Gasteiger charge is -2.35. The van der Waals surface area contributed by atoms with Crippen LogP contribution in [0.5, 0.6) is 5.75 Å². The predicted molar refractivity (Wildman–Crippen MR) is 111 cm³/mol. The molecule has 0 radical (unpaired) electrons. The second-order valence-electron chi connectivity index (χ2n) is 8.58. The van der Waals surface area contributed by atoms with E-state index in [0.29, 0.717) is 19.6 Å². The summed E-state index contributed by atoms with van der Waals surface area (Å²) < 4.78 is 5.26. The smallest absolute Gasteiger partial charge is 0.227 e. The van der Waals surface area contributed by atoms with Crippen molar-refractivity contribution >= 4 is 22.6 Å². The quantitative estimate of drug-likeness (QED) is 0.876. The summed E-state index contributed by atoms with van der Waals surface area (Å²) in [6.07, 6.45) is 1.45. The third kappa shape index (κ3) is 4.64. The molecule has 0 unspecified atom stereocenters. The Balaban J connectivity index is 1.53. The molecule has 1 aliphatic rings. The van der Waals surface area contributed by atoms with E-state index in [-0.39, 0.29) is 23.1 Å². The minimum absolute atomic E-state index is 0.0197. The van der Waals surface area contributed by atoms with E-state index in [2.05, 4.69) is 17.4 Å². The van der Waals surface area contributed by atoms with E-state index in [1.54, 1.807) is 7.11 Å². The van der Waals surface area contributed by atoms with E-state index < -0.39 is 0 Å². The van der Waals surface area contributed by atoms with Crippen molar-refractivity contribution in [1.29, 1.82) is 0 Å². The molecule has 0 spiro atoms. The Bertz CT molecular complexity index is 862. The molecule has 28 heavy (non-hydrogen) atoms. The van der Waals surface area contributed by atoms with Crippen molar-refractivity contribution in [3.05, 3.63) is 42.0 Å². The van der Waals surface area contributed by atoms with Crippen LogP contribution in [0.15, 0.2) is 36.4 Å². The van der Waals surface area contributed by atoms with Gasteiger partial charge in [0.1, 0.15) is 5.75 Å². The molecule has 1 fully saturated rings. The third-order valence-electron chi connectivity index (χ3n) is 5.37. The summed E-state index contributed by atoms with van der Waals surface area (Å²) in [4.78, 5) is 26.8. The number of carbonyl (C=O) groups excluding carboxylic acids is 2. The van der Waals surface area contributed by atoms with Gasteiger partial charge in [-0.15, -0.1) is 0 Å². The predicted octanol–water partition coefficient (Wildman–Crippen LogP) is 3.75. The minimum Gasteiger partial charge on any atom is -0.497 e. The lowest BCUT2D eigenvalue weighted by atomic mass is 9.90. The van der Waals surface area contributed by atoms with Crippen molar-refractivity contribution in [2.45, 2.75) is 40.2 Å². The number of hydrogen-bond acceptors (Lipinski definition) is 3. The third-order valence-corrected chi connectivity index (χ3v) is 5.37. The molecule has 3 rings (SSSR count). The Morgan fingerprint density at radius 2 is 1.71 bits per heavy atom. The number of ether oxygens (including phenoxy) is 1. The topological polar surface area (TPSA) is 58.6 Å². The Kier molecular flexibility index (Phi) is 5.92. The molecule has 1 saturated heterocycles. The van der Waals surface area contributed by atoms with Crippen LogP contribution in [-0.2, 0) is 16.1 Å². The highest BCUT2D eigenvalue weighted by Crippen LogP contribution is 2.24. The van der Waals surface area contributed by atoms with Gasteiger partial charge in [-0.05, 0) is 47.4 Å². The molecule has 0 saturated carbocycles. The van der Waals surface area contributed by atoms with Gasteiger partial charge >= 0.3 is 0 Å². The van der Waals surface area contributed by atoms with E-state index in [0.717, 1.165) is 34.9 Å². The van der Waals surface area contributed by atoms with E-state index in [1.165, 1.54) is 0 Å². The van der Waals surface area contributed by atoms with Crippen molar-refractivity contribution in [2.75, 3.05) is 20.2 Å². The second-order valence-corrected chi connectivity index (χ2v) is 8.58. The van der Waals surface area contributed by atoms with Crippen LogP contribution in [0.4, 0.5) is 0 Å². The summed E-state index contributed by atoms with van der Waals surface area (Å²) in [7, 11) is 1.66. The molecule has 2 aromatic carbocycles. The number of amides is 2. The van der Waals surface area contributed by atoms with Crippen LogP contribution < -0.4 is 10.1 Å². The number of piperidine rings is 1. The summed E-state index contributed by atoms with van der Waals surface area (Å²) in [6.45, 7) is 7.65. The lowest BCUT2D eigenvalue weighted by Crippen LogP contribution is -2.46. The van der Waals surface area contributed by atoms with E-state index in [1.807, 2.05) is 49.9 Å². The SMILES string of the molecule is COc1ccc2cc(CNC(=O)C3CCN(C(=O)C(C)(C)C)CC3)ccc2c1. The molecule has 1 N–H and O–H groups in total. The summed E-state index contributed by atoms with van der Waals surface area (Å²) >= 11 is 0. The van der Waals surface area contributed by atoms with Gasteiger partial charge in [-0.1, -0.05) is 39.0 Å². The van der Waals surface area contributed by atoms with E-state index in [4.69, 9.17) is 4.74 Å². The first-order chi connectivity index (χ1) is 13.3. The zero-order valence-electron chi connectivity index (χ0n) is 17.2. The molecule has 5 heteroatoms. The maximum atomic E-state index is 12.6. The number of likely N-dealkylation sites (tertiary alicyclic amines) is 1. The van der Waals surface area contributed by atoms with E-state index >= 15 is 0 Å². The first-order valence-electron chi connectivity index (χ1n) is 9.92. The highest BCUT2D eigenvalue weighted by atomic mass is 16.5. The summed E-state index contributed by atoms with van der Waals surface area (Å²) in [5.41, 5.74) is 0.709. The molecular weight excluding hydrogens is 352 g/mol. The monoisotopic (exact) mass is 382 g/mol. The Hall–Kier alpha value is -2.56. The molecule has 150 valence electrons. The van der Waals surface area contributed by atoms with Gasteiger partial charge in [-0.25, -0.2) is 0 Å². The Morgan fingerprint density at radius 3 is 2.36 bits per heavy atom. The van der Waals surface area contributed by atoms with Gasteiger partial charge in [-0.2, -0.15) is 0 Å². The molecule has 0 bridgehead atoms. The zero-order chi connectivity index (χ0) is 20.3. The van der Waals surface area contributed by atoms with Crippen LogP contribution in [-0.4, -0.2) is 36.9 Å². The van der Waals surface area contributed by atoms with Crippen LogP contribution in [0.1, 0.15) is 39.2 Å². The van der Waals surface area contributed by atoms with Crippen LogP contribution in [0.2, 0.25) is 0 Å². The number of benzene rings is 2. The molecule has 0 aliphatic carbocycles. The number of rotatable bonds is 4. The first-order valence-corrected chi connectivity index (χ1v) is 9.92. The number of hydrogen-bond donors (Lipinski definition) is 1. The van der Waals surface area contributed by atoms with Crippen LogP contribution in [0.25, 0.3) is 10.8 Å². The fraction of sp³-hybridized carbons (Fsp3) is 0.478. The number of fused-ring (bicyclic) bond motifs is 1. The van der Waals surface area contributed by atoms with Gasteiger partial charge in [0.05, 0.1) is 7.11 Å². The zero-order valence-corrected chi connectivity index (χ0v) is 17.2. The van der Waals surface area contributed by atoms with Crippen molar-refractivity contribution in [3.63, 3.8) is 0 Å². The fourth-order valence-corrected chi connectivity index (χ4v) is 3.66. The van der Waals surface area contributed by atoms with Crippen molar-refractivity contribution in [3.8, 4) is 5.75 Å². The average Bonchev–Trinajstić information content (AvgIpc) is 2.70. The fourth-order valence-electron chi connectivity index (χ4n) is 3.66. The number of nitrogens with zero attached hydrogens (tertiary/aromatic N) is 1. The average molecular weight is 383 g/mol.